The molecule has 0 aliphatic carbocycles. The van der Waals surface area contributed by atoms with Crippen LogP contribution in [-0.4, -0.2) is 15.7 Å². The molecular weight excluding hydrogens is 220 g/mol. The number of aromatic nitrogens is 1. The lowest BCUT2D eigenvalue weighted by molar-refractivity contribution is -0.386. The highest BCUT2D eigenvalue weighted by molar-refractivity contribution is 5.84. The smallest absolute Gasteiger partial charge is 0.294 e. The zero-order valence-electron chi connectivity index (χ0n) is 10.4. The number of nitrogens with zero attached hydrogens (tertiary/aromatic N) is 2. The minimum absolute atomic E-state index is 0.0134. The number of carbonyl (C=O) groups is 1. The first kappa shape index (κ1) is 13.3. The largest absolute Gasteiger partial charge is 0.299 e. The molecule has 1 aromatic rings. The van der Waals surface area contributed by atoms with Gasteiger partial charge in [-0.15, -0.1) is 0 Å². The van der Waals surface area contributed by atoms with E-state index in [-0.39, 0.29) is 23.1 Å². The van der Waals surface area contributed by atoms with E-state index in [1.165, 1.54) is 13.1 Å². The van der Waals surface area contributed by atoms with Gasteiger partial charge >= 0.3 is 0 Å². The molecule has 0 fully saturated rings. The molecule has 1 unspecified atom stereocenters. The van der Waals surface area contributed by atoms with E-state index >= 15 is 0 Å². The molecule has 17 heavy (non-hydrogen) atoms. The van der Waals surface area contributed by atoms with Crippen LogP contribution in [-0.2, 0) is 4.79 Å². The third-order valence-electron chi connectivity index (χ3n) is 2.74. The second kappa shape index (κ2) is 5.03. The molecule has 0 saturated heterocycles. The Morgan fingerprint density at radius 2 is 2.06 bits per heavy atom. The Morgan fingerprint density at radius 3 is 2.47 bits per heavy atom. The number of nitro groups is 1. The van der Waals surface area contributed by atoms with Crippen LogP contribution in [0.5, 0.6) is 0 Å². The van der Waals surface area contributed by atoms with Crippen LogP contribution in [0.25, 0.3) is 0 Å². The second-order valence-corrected chi connectivity index (χ2v) is 4.45. The van der Waals surface area contributed by atoms with Crippen molar-refractivity contribution >= 4 is 11.5 Å². The molecule has 1 atom stereocenters. The number of rotatable bonds is 4. The van der Waals surface area contributed by atoms with Gasteiger partial charge in [-0.2, -0.15) is 0 Å². The van der Waals surface area contributed by atoms with Gasteiger partial charge in [0.2, 0.25) is 0 Å². The topological polar surface area (TPSA) is 73.1 Å². The van der Waals surface area contributed by atoms with Crippen molar-refractivity contribution in [2.45, 2.75) is 33.6 Å². The number of aryl methyl sites for hydroxylation is 1. The molecule has 0 radical (unpaired) electrons. The first-order valence-electron chi connectivity index (χ1n) is 5.46. The fraction of sp³-hybridized carbons (Fsp3) is 0.500. The monoisotopic (exact) mass is 236 g/mol. The van der Waals surface area contributed by atoms with Gasteiger partial charge in [0.25, 0.3) is 5.69 Å². The molecule has 5 nitrogen and oxygen atoms in total. The van der Waals surface area contributed by atoms with E-state index in [0.717, 1.165) is 0 Å². The van der Waals surface area contributed by atoms with Gasteiger partial charge in [-0.1, -0.05) is 13.8 Å². The average Bonchev–Trinajstić information content (AvgIpc) is 2.15. The molecule has 1 rings (SSSR count). The number of ketones is 1. The molecule has 0 aliphatic heterocycles. The molecule has 0 aromatic carbocycles. The number of hydrogen-bond acceptors (Lipinski definition) is 4. The van der Waals surface area contributed by atoms with E-state index in [1.54, 1.807) is 13.0 Å². The van der Waals surface area contributed by atoms with Gasteiger partial charge in [-0.05, 0) is 25.8 Å². The Kier molecular flexibility index (Phi) is 3.93. The Morgan fingerprint density at radius 1 is 1.47 bits per heavy atom. The van der Waals surface area contributed by atoms with Crippen LogP contribution >= 0.6 is 0 Å². The summed E-state index contributed by atoms with van der Waals surface area (Å²) in [6.07, 6.45) is 1.51. The molecule has 0 N–H and O–H groups in total. The Labute approximate surface area is 100 Å². The lowest BCUT2D eigenvalue weighted by Crippen LogP contribution is -2.18. The summed E-state index contributed by atoms with van der Waals surface area (Å²) < 4.78 is 0. The molecule has 5 heteroatoms. The van der Waals surface area contributed by atoms with Crippen LogP contribution < -0.4 is 0 Å². The van der Waals surface area contributed by atoms with Gasteiger partial charge < -0.3 is 0 Å². The molecule has 1 aromatic heterocycles. The third kappa shape index (κ3) is 2.67. The zero-order valence-corrected chi connectivity index (χ0v) is 10.4. The highest BCUT2D eigenvalue weighted by Crippen LogP contribution is 2.32. The Balaban J connectivity index is 3.43. The fourth-order valence-corrected chi connectivity index (χ4v) is 2.01. The van der Waals surface area contributed by atoms with Crippen molar-refractivity contribution in [2.24, 2.45) is 5.92 Å². The molecule has 0 bridgehead atoms. The summed E-state index contributed by atoms with van der Waals surface area (Å²) in [6.45, 7) is 6.82. The Hall–Kier alpha value is -1.78. The van der Waals surface area contributed by atoms with Crippen molar-refractivity contribution in [1.82, 2.24) is 4.98 Å². The van der Waals surface area contributed by atoms with Crippen LogP contribution in [0.3, 0.4) is 0 Å². The highest BCUT2D eigenvalue weighted by atomic mass is 16.6. The van der Waals surface area contributed by atoms with E-state index in [2.05, 4.69) is 4.98 Å². The summed E-state index contributed by atoms with van der Waals surface area (Å²) in [5.41, 5.74) is 0.769. The molecule has 0 spiro atoms. The first-order valence-corrected chi connectivity index (χ1v) is 5.46. The molecule has 0 aliphatic rings. The predicted octanol–water partition coefficient (Wildman–Crippen LogP) is 2.63. The summed E-state index contributed by atoms with van der Waals surface area (Å²) in [4.78, 5) is 26.2. The standard InChI is InChI=1S/C12H16N2O3/c1-7(2)10(9(4)15)11-12(14(16)17)8(3)5-6-13-11/h5-7,10H,1-4H3. The van der Waals surface area contributed by atoms with E-state index in [4.69, 9.17) is 0 Å². The zero-order chi connectivity index (χ0) is 13.2. The maximum absolute atomic E-state index is 11.6. The normalized spacial score (nSPS) is 12.5. The lowest BCUT2D eigenvalue weighted by atomic mass is 9.87. The van der Waals surface area contributed by atoms with E-state index in [1.807, 2.05) is 13.8 Å². The van der Waals surface area contributed by atoms with Gasteiger partial charge in [-0.25, -0.2) is 0 Å². The molecule has 92 valence electrons. The van der Waals surface area contributed by atoms with Crippen LogP contribution in [0.15, 0.2) is 12.3 Å². The maximum atomic E-state index is 11.6. The number of Topliss-reactive ketones (excluding diaryl/α,β-unsaturated/α-hetero) is 1. The van der Waals surface area contributed by atoms with E-state index in [0.29, 0.717) is 5.56 Å². The van der Waals surface area contributed by atoms with Crippen molar-refractivity contribution in [3.05, 3.63) is 33.6 Å². The maximum Gasteiger partial charge on any atom is 0.294 e. The van der Waals surface area contributed by atoms with Crippen molar-refractivity contribution in [1.29, 1.82) is 0 Å². The minimum atomic E-state index is -0.518. The summed E-state index contributed by atoms with van der Waals surface area (Å²) >= 11 is 0. The van der Waals surface area contributed by atoms with Gasteiger partial charge in [0.15, 0.2) is 0 Å². The number of hydrogen-bond donors (Lipinski definition) is 0. The Bertz CT molecular complexity index is 455. The molecular formula is C12H16N2O3. The van der Waals surface area contributed by atoms with Gasteiger partial charge in [0.1, 0.15) is 11.5 Å². The molecule has 1 heterocycles. The van der Waals surface area contributed by atoms with Crippen LogP contribution in [0, 0.1) is 23.0 Å². The number of carbonyl (C=O) groups excluding carboxylic acids is 1. The number of pyridine rings is 1. The van der Waals surface area contributed by atoms with Crippen molar-refractivity contribution in [3.63, 3.8) is 0 Å². The van der Waals surface area contributed by atoms with E-state index < -0.39 is 10.8 Å². The van der Waals surface area contributed by atoms with E-state index in [9.17, 15) is 14.9 Å². The van der Waals surface area contributed by atoms with Gasteiger partial charge in [0.05, 0.1) is 10.8 Å². The summed E-state index contributed by atoms with van der Waals surface area (Å²) in [6, 6.07) is 1.58. The van der Waals surface area contributed by atoms with Gasteiger partial charge in [-0.3, -0.25) is 19.9 Å². The van der Waals surface area contributed by atoms with Crippen molar-refractivity contribution < 1.29 is 9.72 Å². The lowest BCUT2D eigenvalue weighted by Gasteiger charge is -2.17. The van der Waals surface area contributed by atoms with Crippen molar-refractivity contribution in [3.8, 4) is 0 Å². The first-order chi connectivity index (χ1) is 7.86. The summed E-state index contributed by atoms with van der Waals surface area (Å²) in [7, 11) is 0. The third-order valence-corrected chi connectivity index (χ3v) is 2.74. The molecule has 0 amide bonds. The quantitative estimate of drug-likeness (QED) is 0.595. The SMILES string of the molecule is CC(=O)C(c1nccc(C)c1[N+](=O)[O-])C(C)C. The second-order valence-electron chi connectivity index (χ2n) is 4.45. The summed E-state index contributed by atoms with van der Waals surface area (Å²) in [5.74, 6) is -0.628. The van der Waals surface area contributed by atoms with Crippen LogP contribution in [0.1, 0.15) is 37.9 Å². The van der Waals surface area contributed by atoms with Crippen LogP contribution in [0.4, 0.5) is 5.69 Å². The summed E-state index contributed by atoms with van der Waals surface area (Å²) in [5, 5.41) is 11.0. The van der Waals surface area contributed by atoms with Crippen molar-refractivity contribution in [2.75, 3.05) is 0 Å². The van der Waals surface area contributed by atoms with Crippen LogP contribution in [0.2, 0.25) is 0 Å². The molecule has 0 saturated carbocycles. The average molecular weight is 236 g/mol. The minimum Gasteiger partial charge on any atom is -0.299 e. The highest BCUT2D eigenvalue weighted by Gasteiger charge is 2.30. The van der Waals surface area contributed by atoms with Gasteiger partial charge in [0, 0.05) is 11.8 Å². The fourth-order valence-electron chi connectivity index (χ4n) is 2.01. The predicted molar refractivity (Wildman–Crippen MR) is 63.9 cm³/mol.